The first-order valence-corrected chi connectivity index (χ1v) is 9.03. The van der Waals surface area contributed by atoms with Gasteiger partial charge in [-0.25, -0.2) is 0 Å². The van der Waals surface area contributed by atoms with Crippen LogP contribution < -0.4 is 0 Å². The molecule has 2 aliphatic rings. The van der Waals surface area contributed by atoms with E-state index in [-0.39, 0.29) is 5.78 Å². The lowest BCUT2D eigenvalue weighted by molar-refractivity contribution is 0.0893. The number of ketones is 1. The van der Waals surface area contributed by atoms with Crippen molar-refractivity contribution in [3.05, 3.63) is 89.0 Å². The zero-order valence-corrected chi connectivity index (χ0v) is 14.3. The molecule has 26 heavy (non-hydrogen) atoms. The number of nitrogens with zero attached hydrogens (tertiary/aromatic N) is 1. The van der Waals surface area contributed by atoms with E-state index in [1.807, 2.05) is 42.5 Å². The van der Waals surface area contributed by atoms with Crippen LogP contribution in [0.4, 0.5) is 0 Å². The highest BCUT2D eigenvalue weighted by Crippen LogP contribution is 2.54. The summed E-state index contributed by atoms with van der Waals surface area (Å²) in [6.45, 7) is 0. The minimum absolute atomic E-state index is 0.0204. The van der Waals surface area contributed by atoms with Crippen molar-refractivity contribution < 1.29 is 4.79 Å². The van der Waals surface area contributed by atoms with E-state index in [0.717, 1.165) is 45.9 Å². The van der Waals surface area contributed by atoms with Gasteiger partial charge >= 0.3 is 0 Å². The summed E-state index contributed by atoms with van der Waals surface area (Å²) in [5.74, 6) is -0.0204. The molecule has 0 spiro atoms. The van der Waals surface area contributed by atoms with E-state index in [0.29, 0.717) is 12.0 Å². The summed E-state index contributed by atoms with van der Waals surface area (Å²) in [5, 5.41) is 12.2. The van der Waals surface area contributed by atoms with E-state index < -0.39 is 5.41 Å². The van der Waals surface area contributed by atoms with Gasteiger partial charge in [0.2, 0.25) is 0 Å². The molecule has 2 nitrogen and oxygen atoms in total. The Balaban J connectivity index is 1.97. The number of carbonyl (C=O) groups excluding carboxylic acids is 1. The summed E-state index contributed by atoms with van der Waals surface area (Å²) in [4.78, 5) is 13.4. The molecule has 2 aliphatic carbocycles. The highest BCUT2D eigenvalue weighted by molar-refractivity contribution is 6.18. The molecule has 0 radical (unpaired) electrons. The zero-order chi connectivity index (χ0) is 17.7. The number of Topliss-reactive ketones (excluding diaryl/α,β-unsaturated/α-hetero) is 1. The fraction of sp³-hybridized carbons (Fsp3) is 0.167. The molecule has 1 fully saturated rings. The Morgan fingerprint density at radius 2 is 1.69 bits per heavy atom. The van der Waals surface area contributed by atoms with Crippen LogP contribution in [0.5, 0.6) is 0 Å². The Kier molecular flexibility index (Phi) is 3.14. The summed E-state index contributed by atoms with van der Waals surface area (Å²) in [5.41, 5.74) is 3.91. The molecule has 1 unspecified atom stereocenters. The Morgan fingerprint density at radius 3 is 2.50 bits per heavy atom. The van der Waals surface area contributed by atoms with Gasteiger partial charge in [-0.05, 0) is 46.7 Å². The van der Waals surface area contributed by atoms with Crippen LogP contribution in [-0.2, 0) is 0 Å². The molecule has 3 aromatic rings. The SMILES string of the molecule is N#CC12CCCC1=C(c1ccccc1)c1c(ccc3ccccc13)C2=O. The van der Waals surface area contributed by atoms with E-state index in [4.69, 9.17) is 0 Å². The second-order valence-corrected chi connectivity index (χ2v) is 7.13. The quantitative estimate of drug-likeness (QED) is 0.586. The fourth-order valence-corrected chi connectivity index (χ4v) is 4.69. The van der Waals surface area contributed by atoms with Crippen molar-refractivity contribution >= 4 is 22.1 Å². The molecule has 2 heteroatoms. The Labute approximate surface area is 152 Å². The molecule has 1 atom stereocenters. The third-order valence-electron chi connectivity index (χ3n) is 5.86. The summed E-state index contributed by atoms with van der Waals surface area (Å²) in [6, 6.07) is 24.7. The molecule has 0 saturated heterocycles. The first-order chi connectivity index (χ1) is 12.8. The van der Waals surface area contributed by atoms with Gasteiger partial charge in [0.1, 0.15) is 5.41 Å². The van der Waals surface area contributed by atoms with E-state index >= 15 is 0 Å². The van der Waals surface area contributed by atoms with Gasteiger partial charge in [-0.3, -0.25) is 4.79 Å². The maximum absolute atomic E-state index is 13.4. The van der Waals surface area contributed by atoms with Crippen LogP contribution in [-0.4, -0.2) is 5.78 Å². The van der Waals surface area contributed by atoms with E-state index in [9.17, 15) is 10.1 Å². The van der Waals surface area contributed by atoms with Crippen molar-refractivity contribution in [1.29, 1.82) is 5.26 Å². The monoisotopic (exact) mass is 335 g/mol. The molecule has 0 amide bonds. The number of hydrogen-bond donors (Lipinski definition) is 0. The van der Waals surface area contributed by atoms with E-state index in [1.54, 1.807) is 0 Å². The van der Waals surface area contributed by atoms with Gasteiger partial charge in [0.25, 0.3) is 0 Å². The molecule has 3 aromatic carbocycles. The average molecular weight is 335 g/mol. The molecule has 0 aromatic heterocycles. The van der Waals surface area contributed by atoms with E-state index in [2.05, 4.69) is 30.3 Å². The number of nitriles is 1. The van der Waals surface area contributed by atoms with Gasteiger partial charge in [-0.2, -0.15) is 5.26 Å². The summed E-state index contributed by atoms with van der Waals surface area (Å²) in [6.07, 6.45) is 2.32. The number of fused-ring (bicyclic) bond motifs is 4. The van der Waals surface area contributed by atoms with Crippen LogP contribution in [0.1, 0.15) is 40.7 Å². The smallest absolute Gasteiger partial charge is 0.187 e. The van der Waals surface area contributed by atoms with Crippen molar-refractivity contribution in [3.8, 4) is 6.07 Å². The normalized spacial score (nSPS) is 21.4. The average Bonchev–Trinajstić information content (AvgIpc) is 3.14. The highest BCUT2D eigenvalue weighted by Gasteiger charge is 2.51. The number of carbonyl (C=O) groups is 1. The molecule has 1 saturated carbocycles. The summed E-state index contributed by atoms with van der Waals surface area (Å²) < 4.78 is 0. The number of rotatable bonds is 1. The van der Waals surface area contributed by atoms with Gasteiger partial charge in [0, 0.05) is 11.1 Å². The van der Waals surface area contributed by atoms with Gasteiger partial charge in [-0.1, -0.05) is 66.7 Å². The third-order valence-corrected chi connectivity index (χ3v) is 5.86. The largest absolute Gasteiger partial charge is 0.292 e. The van der Waals surface area contributed by atoms with Gasteiger partial charge in [0.05, 0.1) is 6.07 Å². The lowest BCUT2D eigenvalue weighted by atomic mass is 9.67. The number of allylic oxidation sites excluding steroid dienone is 1. The Bertz CT molecular complexity index is 1130. The molecule has 124 valence electrons. The van der Waals surface area contributed by atoms with Crippen molar-refractivity contribution in [2.24, 2.45) is 5.41 Å². The molecule has 0 aliphatic heterocycles. The molecular weight excluding hydrogens is 318 g/mol. The first kappa shape index (κ1) is 15.1. The Hall–Kier alpha value is -3.18. The molecule has 0 N–H and O–H groups in total. The minimum Gasteiger partial charge on any atom is -0.292 e. The Morgan fingerprint density at radius 1 is 0.923 bits per heavy atom. The second kappa shape index (κ2) is 5.41. The van der Waals surface area contributed by atoms with Gasteiger partial charge in [0.15, 0.2) is 5.78 Å². The highest BCUT2D eigenvalue weighted by atomic mass is 16.1. The molecule has 0 bridgehead atoms. The maximum atomic E-state index is 13.4. The molecule has 0 heterocycles. The van der Waals surface area contributed by atoms with Crippen molar-refractivity contribution in [3.63, 3.8) is 0 Å². The first-order valence-electron chi connectivity index (χ1n) is 9.03. The van der Waals surface area contributed by atoms with Gasteiger partial charge < -0.3 is 0 Å². The number of benzene rings is 3. The standard InChI is InChI=1S/C24H17NO/c25-15-24-14-6-11-20(24)21(17-8-2-1-3-9-17)22-18-10-5-4-7-16(18)12-13-19(22)23(24)26/h1-5,7-10,12-13H,6,11,14H2. The predicted octanol–water partition coefficient (Wildman–Crippen LogP) is 5.53. The topological polar surface area (TPSA) is 40.9 Å². The number of hydrogen-bond acceptors (Lipinski definition) is 2. The van der Waals surface area contributed by atoms with Crippen molar-refractivity contribution in [2.45, 2.75) is 19.3 Å². The third kappa shape index (κ3) is 1.83. The predicted molar refractivity (Wildman–Crippen MR) is 103 cm³/mol. The lowest BCUT2D eigenvalue weighted by Gasteiger charge is -2.32. The minimum atomic E-state index is -0.985. The van der Waals surface area contributed by atoms with Crippen LogP contribution in [0.2, 0.25) is 0 Å². The van der Waals surface area contributed by atoms with Crippen molar-refractivity contribution in [1.82, 2.24) is 0 Å². The zero-order valence-electron chi connectivity index (χ0n) is 14.3. The lowest BCUT2D eigenvalue weighted by Crippen LogP contribution is -2.33. The summed E-state index contributed by atoms with van der Waals surface area (Å²) in [7, 11) is 0. The fourth-order valence-electron chi connectivity index (χ4n) is 4.69. The molecule has 5 rings (SSSR count). The van der Waals surface area contributed by atoms with Crippen LogP contribution in [0.25, 0.3) is 16.3 Å². The van der Waals surface area contributed by atoms with Crippen LogP contribution in [0.15, 0.2) is 72.3 Å². The maximum Gasteiger partial charge on any atom is 0.187 e. The summed E-state index contributed by atoms with van der Waals surface area (Å²) >= 11 is 0. The van der Waals surface area contributed by atoms with Crippen LogP contribution in [0.3, 0.4) is 0 Å². The molecular formula is C24H17NO. The van der Waals surface area contributed by atoms with Gasteiger partial charge in [-0.15, -0.1) is 0 Å². The van der Waals surface area contributed by atoms with Crippen LogP contribution in [0, 0.1) is 16.7 Å². The van der Waals surface area contributed by atoms with Crippen molar-refractivity contribution in [2.75, 3.05) is 0 Å². The van der Waals surface area contributed by atoms with Crippen LogP contribution >= 0.6 is 0 Å². The second-order valence-electron chi connectivity index (χ2n) is 7.13. The van der Waals surface area contributed by atoms with E-state index in [1.165, 1.54) is 0 Å².